The second kappa shape index (κ2) is 6.63. The highest BCUT2D eigenvalue weighted by Crippen LogP contribution is 2.25. The normalized spacial score (nSPS) is 22.5. The molecule has 1 amide bonds. The number of halogens is 2. The minimum absolute atomic E-state index is 0.0563. The molecule has 0 aliphatic carbocycles. The maximum Gasteiger partial charge on any atom is 0.410 e. The van der Waals surface area contributed by atoms with Gasteiger partial charge in [-0.2, -0.15) is 0 Å². The summed E-state index contributed by atoms with van der Waals surface area (Å²) < 4.78 is 32.5. The minimum Gasteiger partial charge on any atom is -0.444 e. The van der Waals surface area contributed by atoms with Crippen LogP contribution in [-0.2, 0) is 11.2 Å². The topological polar surface area (TPSA) is 29.5 Å². The van der Waals surface area contributed by atoms with E-state index in [0.29, 0.717) is 19.4 Å². The zero-order chi connectivity index (χ0) is 16.3. The number of carbonyl (C=O) groups excluding carboxylic acids is 1. The summed E-state index contributed by atoms with van der Waals surface area (Å²) in [6.07, 6.45) is -0.414. The van der Waals surface area contributed by atoms with Gasteiger partial charge in [-0.05, 0) is 57.2 Å². The van der Waals surface area contributed by atoms with E-state index in [9.17, 15) is 13.6 Å². The van der Waals surface area contributed by atoms with Crippen LogP contribution in [0.15, 0.2) is 24.3 Å². The summed E-state index contributed by atoms with van der Waals surface area (Å²) in [5, 5.41) is 0. The lowest BCUT2D eigenvalue weighted by atomic mass is 9.89. The first-order valence-electron chi connectivity index (χ1n) is 7.61. The van der Waals surface area contributed by atoms with Crippen molar-refractivity contribution in [2.75, 3.05) is 13.1 Å². The number of ether oxygens (including phenoxy) is 1. The Morgan fingerprint density at radius 2 is 1.95 bits per heavy atom. The van der Waals surface area contributed by atoms with Gasteiger partial charge in [0.15, 0.2) is 0 Å². The van der Waals surface area contributed by atoms with Crippen molar-refractivity contribution in [1.82, 2.24) is 4.90 Å². The third kappa shape index (κ3) is 4.68. The van der Waals surface area contributed by atoms with E-state index in [4.69, 9.17) is 4.74 Å². The van der Waals surface area contributed by atoms with E-state index in [0.717, 1.165) is 5.56 Å². The Morgan fingerprint density at radius 1 is 1.32 bits per heavy atom. The van der Waals surface area contributed by atoms with Crippen molar-refractivity contribution in [3.63, 3.8) is 0 Å². The standard InChI is InChI=1S/C17H23F2NO2/c1-17(2,3)22-16(21)20-9-8-13(15(19)11-20)10-12-4-6-14(18)7-5-12/h4-7,13,15H,8-11H2,1-3H3/t13-,15-/m1/s1. The summed E-state index contributed by atoms with van der Waals surface area (Å²) >= 11 is 0. The third-order valence-corrected chi connectivity index (χ3v) is 3.74. The van der Waals surface area contributed by atoms with Gasteiger partial charge in [-0.25, -0.2) is 13.6 Å². The van der Waals surface area contributed by atoms with Gasteiger partial charge >= 0.3 is 6.09 Å². The van der Waals surface area contributed by atoms with Gasteiger partial charge in [-0.15, -0.1) is 0 Å². The third-order valence-electron chi connectivity index (χ3n) is 3.74. The number of piperidine rings is 1. The van der Waals surface area contributed by atoms with Crippen LogP contribution < -0.4 is 0 Å². The van der Waals surface area contributed by atoms with Crippen LogP contribution >= 0.6 is 0 Å². The zero-order valence-corrected chi connectivity index (χ0v) is 13.3. The molecule has 0 radical (unpaired) electrons. The molecule has 3 nitrogen and oxygen atoms in total. The maximum atomic E-state index is 14.3. The van der Waals surface area contributed by atoms with Gasteiger partial charge in [0, 0.05) is 6.54 Å². The van der Waals surface area contributed by atoms with Crippen LogP contribution in [-0.4, -0.2) is 35.9 Å². The molecule has 1 aromatic rings. The molecular weight excluding hydrogens is 288 g/mol. The predicted octanol–water partition coefficient (Wildman–Crippen LogP) is 3.96. The van der Waals surface area contributed by atoms with E-state index in [1.54, 1.807) is 32.9 Å². The first kappa shape index (κ1) is 16.7. The Kier molecular flexibility index (Phi) is 5.04. The number of hydrogen-bond donors (Lipinski definition) is 0. The van der Waals surface area contributed by atoms with Crippen LogP contribution in [0.5, 0.6) is 0 Å². The van der Waals surface area contributed by atoms with Crippen LogP contribution in [0.25, 0.3) is 0 Å². The molecule has 0 bridgehead atoms. The van der Waals surface area contributed by atoms with E-state index >= 15 is 0 Å². The number of hydrogen-bond acceptors (Lipinski definition) is 2. The largest absolute Gasteiger partial charge is 0.444 e. The molecule has 1 heterocycles. The summed E-state index contributed by atoms with van der Waals surface area (Å²) in [6, 6.07) is 6.14. The second-order valence-corrected chi connectivity index (χ2v) is 6.82. The number of alkyl halides is 1. The highest BCUT2D eigenvalue weighted by Gasteiger charge is 2.33. The van der Waals surface area contributed by atoms with E-state index < -0.39 is 17.9 Å². The number of rotatable bonds is 2. The van der Waals surface area contributed by atoms with Gasteiger partial charge in [-0.3, -0.25) is 0 Å². The van der Waals surface area contributed by atoms with E-state index in [-0.39, 0.29) is 18.3 Å². The van der Waals surface area contributed by atoms with Crippen molar-refractivity contribution in [1.29, 1.82) is 0 Å². The van der Waals surface area contributed by atoms with E-state index in [1.807, 2.05) is 0 Å². The molecule has 0 N–H and O–H groups in total. The Labute approximate surface area is 130 Å². The molecule has 2 rings (SSSR count). The van der Waals surface area contributed by atoms with Crippen molar-refractivity contribution < 1.29 is 18.3 Å². The number of carbonyl (C=O) groups is 1. The fourth-order valence-corrected chi connectivity index (χ4v) is 2.60. The van der Waals surface area contributed by atoms with Crippen molar-refractivity contribution in [2.24, 2.45) is 5.92 Å². The molecule has 1 saturated heterocycles. The molecule has 122 valence electrons. The lowest BCUT2D eigenvalue weighted by molar-refractivity contribution is 0.00551. The molecule has 1 fully saturated rings. The van der Waals surface area contributed by atoms with Crippen molar-refractivity contribution in [3.05, 3.63) is 35.6 Å². The van der Waals surface area contributed by atoms with Crippen LogP contribution in [0.2, 0.25) is 0 Å². The molecule has 22 heavy (non-hydrogen) atoms. The van der Waals surface area contributed by atoms with Gasteiger partial charge < -0.3 is 9.64 Å². The fourth-order valence-electron chi connectivity index (χ4n) is 2.60. The molecule has 1 aromatic carbocycles. The molecule has 2 atom stereocenters. The monoisotopic (exact) mass is 311 g/mol. The average molecular weight is 311 g/mol. The number of likely N-dealkylation sites (tertiary alicyclic amines) is 1. The van der Waals surface area contributed by atoms with Gasteiger partial charge in [0.2, 0.25) is 0 Å². The average Bonchev–Trinajstić information content (AvgIpc) is 2.41. The van der Waals surface area contributed by atoms with Crippen LogP contribution in [0.1, 0.15) is 32.8 Å². The molecule has 0 unspecified atom stereocenters. The van der Waals surface area contributed by atoms with Gasteiger partial charge in [0.1, 0.15) is 17.6 Å². The SMILES string of the molecule is CC(C)(C)OC(=O)N1CC[C@H](Cc2ccc(F)cc2)[C@H](F)C1. The number of benzene rings is 1. The first-order chi connectivity index (χ1) is 10.2. The number of nitrogens with zero attached hydrogens (tertiary/aromatic N) is 1. The Balaban J connectivity index is 1.90. The number of amides is 1. The second-order valence-electron chi connectivity index (χ2n) is 6.82. The summed E-state index contributed by atoms with van der Waals surface area (Å²) in [5.41, 5.74) is 0.341. The van der Waals surface area contributed by atoms with Crippen molar-refractivity contribution >= 4 is 6.09 Å². The van der Waals surface area contributed by atoms with Crippen LogP contribution in [0.3, 0.4) is 0 Å². The lowest BCUT2D eigenvalue weighted by Gasteiger charge is -2.35. The summed E-state index contributed by atoms with van der Waals surface area (Å²) in [6.45, 7) is 5.92. The Hall–Kier alpha value is -1.65. The smallest absolute Gasteiger partial charge is 0.410 e. The minimum atomic E-state index is -1.09. The maximum absolute atomic E-state index is 14.3. The molecule has 0 aromatic heterocycles. The molecule has 0 saturated carbocycles. The molecule has 1 aliphatic rings. The van der Waals surface area contributed by atoms with Crippen molar-refractivity contribution in [3.8, 4) is 0 Å². The predicted molar refractivity (Wildman–Crippen MR) is 80.9 cm³/mol. The van der Waals surface area contributed by atoms with Crippen LogP contribution in [0, 0.1) is 11.7 Å². The molecule has 0 spiro atoms. The van der Waals surface area contributed by atoms with Gasteiger partial charge in [0.25, 0.3) is 0 Å². The molecular formula is C17H23F2NO2. The van der Waals surface area contributed by atoms with Crippen LogP contribution in [0.4, 0.5) is 13.6 Å². The van der Waals surface area contributed by atoms with Gasteiger partial charge in [-0.1, -0.05) is 12.1 Å². The molecule has 1 aliphatic heterocycles. The van der Waals surface area contributed by atoms with E-state index in [2.05, 4.69) is 0 Å². The van der Waals surface area contributed by atoms with Gasteiger partial charge in [0.05, 0.1) is 6.54 Å². The van der Waals surface area contributed by atoms with E-state index in [1.165, 1.54) is 17.0 Å². The zero-order valence-electron chi connectivity index (χ0n) is 13.3. The summed E-state index contributed by atoms with van der Waals surface area (Å²) in [4.78, 5) is 13.4. The highest BCUT2D eigenvalue weighted by atomic mass is 19.1. The summed E-state index contributed by atoms with van der Waals surface area (Å²) in [5.74, 6) is -0.440. The highest BCUT2D eigenvalue weighted by molar-refractivity contribution is 5.68. The fraction of sp³-hybridized carbons (Fsp3) is 0.588. The summed E-state index contributed by atoms with van der Waals surface area (Å²) in [7, 11) is 0. The quantitative estimate of drug-likeness (QED) is 0.827. The molecule has 5 heteroatoms. The Morgan fingerprint density at radius 3 is 2.50 bits per heavy atom. The lowest BCUT2D eigenvalue weighted by Crippen LogP contribution is -2.47. The first-order valence-corrected chi connectivity index (χ1v) is 7.61. The Bertz CT molecular complexity index is 510. The van der Waals surface area contributed by atoms with Crippen molar-refractivity contribution in [2.45, 2.75) is 45.4 Å².